The number of carbonyl (C=O) groups is 4. The lowest BCUT2D eigenvalue weighted by atomic mass is 9.74. The number of aliphatic hydroxyl groups excluding tert-OH is 1. The molecule has 2 aromatic rings. The van der Waals surface area contributed by atoms with Gasteiger partial charge in [-0.2, -0.15) is 0 Å². The van der Waals surface area contributed by atoms with Gasteiger partial charge in [0.05, 0.1) is 11.6 Å². The second-order valence-corrected chi connectivity index (χ2v) is 9.96. The molecule has 11 heteroatoms. The number of aliphatic hydroxyl groups is 1. The Morgan fingerprint density at radius 1 is 1.11 bits per heavy atom. The molecule has 3 aliphatic heterocycles. The Labute approximate surface area is 205 Å². The van der Waals surface area contributed by atoms with Crippen LogP contribution >= 0.6 is 0 Å². The fourth-order valence-corrected chi connectivity index (χ4v) is 5.99. The molecule has 36 heavy (non-hydrogen) atoms. The van der Waals surface area contributed by atoms with Crippen LogP contribution in [-0.2, 0) is 14.4 Å². The summed E-state index contributed by atoms with van der Waals surface area (Å²) in [7, 11) is 0. The van der Waals surface area contributed by atoms with E-state index in [1.165, 1.54) is 11.0 Å². The van der Waals surface area contributed by atoms with Crippen molar-refractivity contribution in [2.24, 2.45) is 11.8 Å². The van der Waals surface area contributed by atoms with Gasteiger partial charge in [-0.1, -0.05) is 0 Å². The van der Waals surface area contributed by atoms with Crippen LogP contribution in [0.25, 0.3) is 10.9 Å². The third kappa shape index (κ3) is 4.36. The zero-order chi connectivity index (χ0) is 25.6. The summed E-state index contributed by atoms with van der Waals surface area (Å²) in [6.07, 6.45) is 3.50. The number of hydrogen-bond acceptors (Lipinski definition) is 5. The Hall–Kier alpha value is -3.34. The van der Waals surface area contributed by atoms with E-state index in [4.69, 9.17) is 0 Å². The molecule has 9 nitrogen and oxygen atoms in total. The van der Waals surface area contributed by atoms with Crippen LogP contribution in [0.4, 0.5) is 8.78 Å². The highest BCUT2D eigenvalue weighted by Gasteiger charge is 2.48. The van der Waals surface area contributed by atoms with Crippen molar-refractivity contribution in [3.63, 3.8) is 0 Å². The van der Waals surface area contributed by atoms with Gasteiger partial charge in [0.25, 0.3) is 5.91 Å². The van der Waals surface area contributed by atoms with Crippen LogP contribution in [0.2, 0.25) is 0 Å². The molecule has 0 spiro atoms. The summed E-state index contributed by atoms with van der Waals surface area (Å²) < 4.78 is 27.9. The van der Waals surface area contributed by atoms with Crippen molar-refractivity contribution < 1.29 is 33.1 Å². The zero-order valence-electron chi connectivity index (χ0n) is 19.6. The van der Waals surface area contributed by atoms with Crippen molar-refractivity contribution in [3.05, 3.63) is 35.5 Å². The van der Waals surface area contributed by atoms with E-state index in [1.807, 2.05) is 0 Å². The monoisotopic (exact) mass is 502 g/mol. The highest BCUT2D eigenvalue weighted by Crippen LogP contribution is 2.41. The minimum absolute atomic E-state index is 0.0467. The maximum atomic E-state index is 14.2. The third-order valence-corrected chi connectivity index (χ3v) is 7.81. The van der Waals surface area contributed by atoms with Gasteiger partial charge < -0.3 is 25.6 Å². The molecule has 1 aromatic heterocycles. The number of amides is 3. The number of rotatable bonds is 7. The molecule has 4 heterocycles. The van der Waals surface area contributed by atoms with Gasteiger partial charge in [0.15, 0.2) is 5.78 Å². The molecule has 4 N–H and O–H groups in total. The van der Waals surface area contributed by atoms with Gasteiger partial charge in [-0.05, 0) is 56.6 Å². The van der Waals surface area contributed by atoms with E-state index in [1.54, 1.807) is 0 Å². The van der Waals surface area contributed by atoms with Crippen LogP contribution in [0, 0.1) is 23.5 Å². The lowest BCUT2D eigenvalue weighted by Gasteiger charge is -2.50. The first-order valence-electron chi connectivity index (χ1n) is 12.3. The maximum Gasteiger partial charge on any atom is 0.271 e. The van der Waals surface area contributed by atoms with Crippen molar-refractivity contribution >= 4 is 34.4 Å². The number of aromatic nitrogens is 1. The number of Topliss-reactive ketones (excluding diaryl/α,β-unsaturated/α-hetero) is 1. The smallest absolute Gasteiger partial charge is 0.271 e. The lowest BCUT2D eigenvalue weighted by molar-refractivity contribution is -0.137. The van der Waals surface area contributed by atoms with Gasteiger partial charge in [0.2, 0.25) is 11.8 Å². The van der Waals surface area contributed by atoms with Crippen molar-refractivity contribution in [3.8, 4) is 0 Å². The summed E-state index contributed by atoms with van der Waals surface area (Å²) in [6.45, 7) is -0.295. The summed E-state index contributed by atoms with van der Waals surface area (Å²) in [6, 6.07) is 1.04. The summed E-state index contributed by atoms with van der Waals surface area (Å²) in [5.41, 5.74) is 0.188. The van der Waals surface area contributed by atoms with Gasteiger partial charge in [0, 0.05) is 30.0 Å². The molecular formula is C25H28F2N4O5. The van der Waals surface area contributed by atoms with Crippen molar-refractivity contribution in [1.29, 1.82) is 0 Å². The topological polar surface area (TPSA) is 132 Å². The minimum Gasteiger partial charge on any atom is -0.389 e. The molecule has 4 fully saturated rings. The molecular weight excluding hydrogens is 474 g/mol. The molecule has 4 aliphatic rings. The first-order chi connectivity index (χ1) is 17.3. The first kappa shape index (κ1) is 24.4. The highest BCUT2D eigenvalue weighted by molar-refractivity contribution is 6.01. The minimum atomic E-state index is -1.06. The maximum absolute atomic E-state index is 14.2. The third-order valence-electron chi connectivity index (χ3n) is 7.81. The van der Waals surface area contributed by atoms with Crippen molar-refractivity contribution in [2.45, 2.75) is 56.7 Å². The molecule has 6 rings (SSSR count). The second kappa shape index (κ2) is 9.61. The molecule has 3 amide bonds. The summed E-state index contributed by atoms with van der Waals surface area (Å²) in [4.78, 5) is 55.9. The Morgan fingerprint density at radius 3 is 2.53 bits per heavy atom. The largest absolute Gasteiger partial charge is 0.389 e. The summed E-state index contributed by atoms with van der Waals surface area (Å²) in [5, 5.41) is 14.9. The van der Waals surface area contributed by atoms with E-state index in [-0.39, 0.29) is 40.9 Å². The molecule has 1 aromatic carbocycles. The molecule has 2 bridgehead atoms. The van der Waals surface area contributed by atoms with Crippen molar-refractivity contribution in [2.75, 3.05) is 13.2 Å². The number of ketones is 1. The van der Waals surface area contributed by atoms with Gasteiger partial charge in [-0.3, -0.25) is 19.2 Å². The number of fused-ring (bicyclic) bond motifs is 4. The molecule has 0 unspecified atom stereocenters. The van der Waals surface area contributed by atoms with Gasteiger partial charge in [0.1, 0.15) is 30.0 Å². The number of halogens is 2. The van der Waals surface area contributed by atoms with E-state index in [2.05, 4.69) is 15.6 Å². The molecule has 3 atom stereocenters. The molecule has 0 radical (unpaired) electrons. The number of benzene rings is 1. The normalized spacial score (nSPS) is 26.2. The standard InChI is InChI=1S/C25H28F2N4O5/c26-14-8-17(27)16-10-20(29-18(16)9-14)25(36)31-15-3-1-12(2-4-15)22(31)24(35)30-19(21(33)11-32)7-13-5-6-28-23(13)34/h8-10,12-13,15,19,22,29,32H,1-7,11H2,(H,28,34)(H,30,35)/t12?,13-,15?,19+,22+/m0/s1. The van der Waals surface area contributed by atoms with Gasteiger partial charge in [-0.15, -0.1) is 0 Å². The fraction of sp³-hybridized carbons (Fsp3) is 0.520. The van der Waals surface area contributed by atoms with Gasteiger partial charge in [-0.25, -0.2) is 8.78 Å². The Morgan fingerprint density at radius 2 is 1.86 bits per heavy atom. The number of H-pyrrole nitrogens is 1. The van der Waals surface area contributed by atoms with E-state index < -0.39 is 53.8 Å². The van der Waals surface area contributed by atoms with Crippen LogP contribution in [-0.4, -0.2) is 69.8 Å². The molecule has 1 aliphatic carbocycles. The Balaban J connectivity index is 1.41. The van der Waals surface area contributed by atoms with Crippen LogP contribution < -0.4 is 10.6 Å². The Kier molecular flexibility index (Phi) is 6.50. The number of carbonyl (C=O) groups excluding carboxylic acids is 4. The lowest BCUT2D eigenvalue weighted by Crippen LogP contribution is -2.64. The van der Waals surface area contributed by atoms with Crippen LogP contribution in [0.1, 0.15) is 49.0 Å². The van der Waals surface area contributed by atoms with E-state index in [0.29, 0.717) is 25.8 Å². The van der Waals surface area contributed by atoms with E-state index in [0.717, 1.165) is 25.0 Å². The fourth-order valence-electron chi connectivity index (χ4n) is 5.99. The van der Waals surface area contributed by atoms with Crippen LogP contribution in [0.15, 0.2) is 18.2 Å². The SMILES string of the molecule is O=C1NCC[C@H]1C[C@@H](NC(=O)[C@H]1C2CCC(CC2)N1C(=O)c1cc2c(F)cc(F)cc2[nH]1)C(=O)CO. The quantitative estimate of drug-likeness (QED) is 0.455. The number of aromatic amines is 1. The average molecular weight is 503 g/mol. The molecule has 192 valence electrons. The van der Waals surface area contributed by atoms with E-state index >= 15 is 0 Å². The highest BCUT2D eigenvalue weighted by atomic mass is 19.1. The van der Waals surface area contributed by atoms with Crippen molar-refractivity contribution in [1.82, 2.24) is 20.5 Å². The number of nitrogens with one attached hydrogen (secondary N) is 3. The Bertz CT molecular complexity index is 1220. The average Bonchev–Trinajstić information content (AvgIpc) is 3.48. The number of nitrogens with zero attached hydrogens (tertiary/aromatic N) is 1. The number of piperidine rings is 2. The molecule has 1 saturated carbocycles. The predicted octanol–water partition coefficient (Wildman–Crippen LogP) is 1.40. The van der Waals surface area contributed by atoms with Crippen LogP contribution in [0.5, 0.6) is 0 Å². The summed E-state index contributed by atoms with van der Waals surface area (Å²) >= 11 is 0. The van der Waals surface area contributed by atoms with Crippen LogP contribution in [0.3, 0.4) is 0 Å². The number of hydrogen-bond donors (Lipinski definition) is 4. The second-order valence-electron chi connectivity index (χ2n) is 9.96. The zero-order valence-corrected chi connectivity index (χ0v) is 19.6. The first-order valence-corrected chi connectivity index (χ1v) is 12.3. The van der Waals surface area contributed by atoms with E-state index in [9.17, 15) is 33.1 Å². The van der Waals surface area contributed by atoms with Gasteiger partial charge >= 0.3 is 0 Å². The predicted molar refractivity (Wildman–Crippen MR) is 124 cm³/mol. The summed E-state index contributed by atoms with van der Waals surface area (Å²) in [5.74, 6) is -3.96. The molecule has 3 saturated heterocycles.